The van der Waals surface area contributed by atoms with Crippen molar-refractivity contribution < 1.29 is 9.53 Å². The fourth-order valence-electron chi connectivity index (χ4n) is 2.05. The van der Waals surface area contributed by atoms with Gasteiger partial charge >= 0.3 is 0 Å². The van der Waals surface area contributed by atoms with E-state index in [4.69, 9.17) is 10.6 Å². The van der Waals surface area contributed by atoms with Gasteiger partial charge < -0.3 is 4.74 Å². The number of methoxy groups -OCH3 is 1. The van der Waals surface area contributed by atoms with Crippen LogP contribution in [0.15, 0.2) is 18.2 Å². The fraction of sp³-hybridized carbons (Fsp3) is 0.533. The van der Waals surface area contributed by atoms with E-state index < -0.39 is 0 Å². The van der Waals surface area contributed by atoms with E-state index in [9.17, 15) is 4.79 Å². The highest BCUT2D eigenvalue weighted by molar-refractivity contribution is 5.75. The standard InChI is InChI=1S/C15H24N2O2/c1-4-13-11-12(9-10-14(13)19-3)7-5-6-8-15(18)17(2)16/h9-11H,4-8,16H2,1-3H3. The largest absolute Gasteiger partial charge is 0.496 e. The van der Waals surface area contributed by atoms with Gasteiger partial charge in [0.1, 0.15) is 5.75 Å². The van der Waals surface area contributed by atoms with Crippen molar-refractivity contribution in [1.29, 1.82) is 0 Å². The average molecular weight is 264 g/mol. The van der Waals surface area contributed by atoms with Crippen LogP contribution in [0, 0.1) is 0 Å². The molecule has 0 atom stereocenters. The van der Waals surface area contributed by atoms with Crippen LogP contribution in [-0.2, 0) is 17.6 Å². The number of ether oxygens (including phenoxy) is 1. The van der Waals surface area contributed by atoms with Gasteiger partial charge in [-0.15, -0.1) is 0 Å². The normalized spacial score (nSPS) is 10.3. The second-order valence-corrected chi connectivity index (χ2v) is 4.71. The third-order valence-corrected chi connectivity index (χ3v) is 3.23. The number of amides is 1. The lowest BCUT2D eigenvalue weighted by Crippen LogP contribution is -2.32. The lowest BCUT2D eigenvalue weighted by Gasteiger charge is -2.10. The Balaban J connectivity index is 2.43. The molecule has 0 heterocycles. The maximum absolute atomic E-state index is 11.3. The Kier molecular flexibility index (Phi) is 6.36. The molecule has 0 radical (unpaired) electrons. The van der Waals surface area contributed by atoms with Crippen LogP contribution >= 0.6 is 0 Å². The number of benzene rings is 1. The molecule has 4 heteroatoms. The number of rotatable bonds is 7. The van der Waals surface area contributed by atoms with Crippen molar-refractivity contribution in [3.63, 3.8) is 0 Å². The third kappa shape index (κ3) is 4.91. The summed E-state index contributed by atoms with van der Waals surface area (Å²) in [6.45, 7) is 2.12. The molecule has 1 rings (SSSR count). The van der Waals surface area contributed by atoms with Gasteiger partial charge in [0, 0.05) is 13.5 Å². The highest BCUT2D eigenvalue weighted by Crippen LogP contribution is 2.21. The molecule has 1 amide bonds. The van der Waals surface area contributed by atoms with Crippen LogP contribution in [0.25, 0.3) is 0 Å². The summed E-state index contributed by atoms with van der Waals surface area (Å²) >= 11 is 0. The number of hydrazine groups is 1. The van der Waals surface area contributed by atoms with Crippen molar-refractivity contribution in [2.45, 2.75) is 39.0 Å². The first-order valence-electron chi connectivity index (χ1n) is 6.75. The number of unbranched alkanes of at least 4 members (excludes halogenated alkanes) is 1. The molecule has 0 saturated carbocycles. The number of nitrogens with zero attached hydrogens (tertiary/aromatic N) is 1. The molecule has 4 nitrogen and oxygen atoms in total. The van der Waals surface area contributed by atoms with Gasteiger partial charge in [-0.25, -0.2) is 5.84 Å². The first-order valence-corrected chi connectivity index (χ1v) is 6.75. The number of carbonyl (C=O) groups excluding carboxylic acids is 1. The number of nitrogens with two attached hydrogens (primary N) is 1. The van der Waals surface area contributed by atoms with E-state index in [-0.39, 0.29) is 5.91 Å². The van der Waals surface area contributed by atoms with Crippen molar-refractivity contribution in [2.24, 2.45) is 5.84 Å². The van der Waals surface area contributed by atoms with E-state index >= 15 is 0 Å². The van der Waals surface area contributed by atoms with Gasteiger partial charge in [-0.1, -0.05) is 19.1 Å². The molecule has 2 N–H and O–H groups in total. The first-order chi connectivity index (χ1) is 9.08. The molecule has 0 bridgehead atoms. The smallest absolute Gasteiger partial charge is 0.236 e. The molecule has 1 aromatic rings. The summed E-state index contributed by atoms with van der Waals surface area (Å²) in [7, 11) is 3.28. The molecule has 0 aliphatic heterocycles. The highest BCUT2D eigenvalue weighted by Gasteiger charge is 2.05. The van der Waals surface area contributed by atoms with E-state index in [1.807, 2.05) is 6.07 Å². The maximum atomic E-state index is 11.3. The molecule has 106 valence electrons. The van der Waals surface area contributed by atoms with Crippen molar-refractivity contribution in [1.82, 2.24) is 5.01 Å². The van der Waals surface area contributed by atoms with Gasteiger partial charge in [0.25, 0.3) is 0 Å². The molecule has 0 aliphatic rings. The average Bonchev–Trinajstić information content (AvgIpc) is 2.42. The van der Waals surface area contributed by atoms with Gasteiger partial charge in [0.05, 0.1) is 7.11 Å². The predicted octanol–water partition coefficient (Wildman–Crippen LogP) is 2.30. The van der Waals surface area contributed by atoms with Gasteiger partial charge in [-0.2, -0.15) is 0 Å². The zero-order valence-electron chi connectivity index (χ0n) is 12.1. The summed E-state index contributed by atoms with van der Waals surface area (Å²) in [5.74, 6) is 6.31. The van der Waals surface area contributed by atoms with Gasteiger partial charge in [0.15, 0.2) is 0 Å². The van der Waals surface area contributed by atoms with Crippen LogP contribution in [0.1, 0.15) is 37.3 Å². The quantitative estimate of drug-likeness (QED) is 0.356. The maximum Gasteiger partial charge on any atom is 0.236 e. The molecule has 0 fully saturated rings. The first kappa shape index (κ1) is 15.5. The third-order valence-electron chi connectivity index (χ3n) is 3.23. The van der Waals surface area contributed by atoms with Gasteiger partial charge in [-0.05, 0) is 42.9 Å². The van der Waals surface area contributed by atoms with Crippen molar-refractivity contribution in [3.8, 4) is 5.75 Å². The van der Waals surface area contributed by atoms with Crippen molar-refractivity contribution in [2.75, 3.05) is 14.2 Å². The lowest BCUT2D eigenvalue weighted by molar-refractivity contribution is -0.130. The minimum absolute atomic E-state index is 0.0102. The molecule has 0 aromatic heterocycles. The minimum Gasteiger partial charge on any atom is -0.496 e. The van der Waals surface area contributed by atoms with E-state index in [1.165, 1.54) is 11.1 Å². The van der Waals surface area contributed by atoms with Crippen LogP contribution in [0.4, 0.5) is 0 Å². The lowest BCUT2D eigenvalue weighted by atomic mass is 10.0. The van der Waals surface area contributed by atoms with Crippen LogP contribution in [0.3, 0.4) is 0 Å². The number of carbonyl (C=O) groups is 1. The summed E-state index contributed by atoms with van der Waals surface area (Å²) in [5.41, 5.74) is 2.53. The molecular weight excluding hydrogens is 240 g/mol. The second kappa shape index (κ2) is 7.79. The number of aryl methyl sites for hydroxylation is 2. The number of hydrogen-bond acceptors (Lipinski definition) is 3. The summed E-state index contributed by atoms with van der Waals surface area (Å²) in [6.07, 6.45) is 4.33. The van der Waals surface area contributed by atoms with Crippen molar-refractivity contribution in [3.05, 3.63) is 29.3 Å². The Bertz CT molecular complexity index is 417. The molecule has 19 heavy (non-hydrogen) atoms. The molecule has 0 aliphatic carbocycles. The SMILES string of the molecule is CCc1cc(CCCCC(=O)N(C)N)ccc1OC. The zero-order valence-corrected chi connectivity index (χ0v) is 12.1. The topological polar surface area (TPSA) is 55.6 Å². The Morgan fingerprint density at radius 2 is 2.11 bits per heavy atom. The summed E-state index contributed by atoms with van der Waals surface area (Å²) in [6, 6.07) is 6.30. The molecular formula is C15H24N2O2. The van der Waals surface area contributed by atoms with E-state index in [1.54, 1.807) is 14.2 Å². The molecule has 1 aromatic carbocycles. The Hall–Kier alpha value is -1.55. The van der Waals surface area contributed by atoms with E-state index in [2.05, 4.69) is 19.1 Å². The summed E-state index contributed by atoms with van der Waals surface area (Å²) in [5, 5.41) is 1.16. The Morgan fingerprint density at radius 3 is 2.68 bits per heavy atom. The van der Waals surface area contributed by atoms with Crippen LogP contribution in [0.2, 0.25) is 0 Å². The summed E-state index contributed by atoms with van der Waals surface area (Å²) < 4.78 is 5.31. The summed E-state index contributed by atoms with van der Waals surface area (Å²) in [4.78, 5) is 11.3. The Morgan fingerprint density at radius 1 is 1.37 bits per heavy atom. The predicted molar refractivity (Wildman–Crippen MR) is 76.9 cm³/mol. The zero-order chi connectivity index (χ0) is 14.3. The van der Waals surface area contributed by atoms with Crippen molar-refractivity contribution >= 4 is 5.91 Å². The number of hydrogen-bond donors (Lipinski definition) is 1. The second-order valence-electron chi connectivity index (χ2n) is 4.71. The highest BCUT2D eigenvalue weighted by atomic mass is 16.5. The Labute approximate surface area is 115 Å². The van der Waals surface area contributed by atoms with Crippen LogP contribution < -0.4 is 10.6 Å². The van der Waals surface area contributed by atoms with Crippen LogP contribution in [0.5, 0.6) is 5.75 Å². The minimum atomic E-state index is -0.0102. The molecule has 0 saturated heterocycles. The van der Waals surface area contributed by atoms with E-state index in [0.717, 1.165) is 36.4 Å². The molecule has 0 unspecified atom stereocenters. The fourth-order valence-corrected chi connectivity index (χ4v) is 2.05. The van der Waals surface area contributed by atoms with Crippen LogP contribution in [-0.4, -0.2) is 25.1 Å². The molecule has 0 spiro atoms. The van der Waals surface area contributed by atoms with Gasteiger partial charge in [-0.3, -0.25) is 9.80 Å². The van der Waals surface area contributed by atoms with E-state index in [0.29, 0.717) is 6.42 Å². The van der Waals surface area contributed by atoms with Gasteiger partial charge in [0.2, 0.25) is 5.91 Å². The monoisotopic (exact) mass is 264 g/mol.